The molecule has 1 aromatic heterocycles. The predicted molar refractivity (Wildman–Crippen MR) is 80.3 cm³/mol. The molecule has 1 heterocycles. The zero-order chi connectivity index (χ0) is 14.6. The fraction of sp³-hybridized carbons (Fsp3) is 0.294. The monoisotopic (exact) mass is 268 g/mol. The van der Waals surface area contributed by atoms with E-state index < -0.39 is 5.41 Å². The number of hydrogen-bond donors (Lipinski definition) is 1. The second kappa shape index (κ2) is 5.87. The molecule has 2 aromatic rings. The fourth-order valence-corrected chi connectivity index (χ4v) is 2.07. The zero-order valence-corrected chi connectivity index (χ0v) is 12.1. The van der Waals surface area contributed by atoms with Gasteiger partial charge >= 0.3 is 0 Å². The van der Waals surface area contributed by atoms with Crippen LogP contribution < -0.4 is 5.32 Å². The average molecular weight is 268 g/mol. The molecule has 2 rings (SSSR count). The van der Waals surface area contributed by atoms with Crippen molar-refractivity contribution in [2.45, 2.75) is 32.2 Å². The first-order chi connectivity index (χ1) is 9.51. The van der Waals surface area contributed by atoms with Crippen LogP contribution in [-0.2, 0) is 10.2 Å². The van der Waals surface area contributed by atoms with Gasteiger partial charge < -0.3 is 5.32 Å². The Balaban J connectivity index is 2.12. The summed E-state index contributed by atoms with van der Waals surface area (Å²) in [5.74, 6) is 0.00172. The quantitative estimate of drug-likeness (QED) is 0.925. The molecule has 1 N–H and O–H groups in total. The Bertz CT molecular complexity index is 564. The maximum Gasteiger partial charge on any atom is 0.230 e. The lowest BCUT2D eigenvalue weighted by molar-refractivity contribution is -0.126. The molecular weight excluding hydrogens is 248 g/mol. The first-order valence-electron chi connectivity index (χ1n) is 6.79. The third-order valence-corrected chi connectivity index (χ3v) is 3.54. The average Bonchev–Trinajstić information content (AvgIpc) is 2.49. The Morgan fingerprint density at radius 2 is 1.75 bits per heavy atom. The van der Waals surface area contributed by atoms with E-state index in [0.717, 1.165) is 11.3 Å². The minimum atomic E-state index is -0.565. The van der Waals surface area contributed by atoms with Gasteiger partial charge in [-0.3, -0.25) is 9.78 Å². The summed E-state index contributed by atoms with van der Waals surface area (Å²) in [6, 6.07) is 15.4. The minimum Gasteiger partial charge on any atom is -0.347 e. The van der Waals surface area contributed by atoms with Gasteiger partial charge in [0.25, 0.3) is 0 Å². The smallest absolute Gasteiger partial charge is 0.230 e. The van der Waals surface area contributed by atoms with E-state index in [1.54, 1.807) is 6.20 Å². The molecule has 1 atom stereocenters. The van der Waals surface area contributed by atoms with Crippen LogP contribution in [-0.4, -0.2) is 10.9 Å². The highest BCUT2D eigenvalue weighted by molar-refractivity contribution is 5.87. The summed E-state index contributed by atoms with van der Waals surface area (Å²) in [6.07, 6.45) is 1.74. The Hall–Kier alpha value is -2.16. The van der Waals surface area contributed by atoms with Gasteiger partial charge in [0.15, 0.2) is 0 Å². The molecule has 3 heteroatoms. The van der Waals surface area contributed by atoms with Crippen LogP contribution in [0.15, 0.2) is 54.7 Å². The highest BCUT2D eigenvalue weighted by Crippen LogP contribution is 2.24. The van der Waals surface area contributed by atoms with Gasteiger partial charge in [-0.2, -0.15) is 0 Å². The third-order valence-electron chi connectivity index (χ3n) is 3.54. The summed E-state index contributed by atoms with van der Waals surface area (Å²) in [7, 11) is 0. The van der Waals surface area contributed by atoms with Crippen molar-refractivity contribution in [3.05, 3.63) is 66.0 Å². The Kier molecular flexibility index (Phi) is 4.18. The summed E-state index contributed by atoms with van der Waals surface area (Å²) in [5, 5.41) is 3.03. The number of carbonyl (C=O) groups is 1. The number of aromatic nitrogens is 1. The number of amides is 1. The number of carbonyl (C=O) groups excluding carboxylic acids is 1. The molecule has 0 spiro atoms. The second-order valence-electron chi connectivity index (χ2n) is 5.44. The topological polar surface area (TPSA) is 42.0 Å². The van der Waals surface area contributed by atoms with E-state index in [0.29, 0.717) is 0 Å². The molecule has 0 aliphatic heterocycles. The maximum atomic E-state index is 12.5. The molecule has 1 aromatic carbocycles. The molecule has 0 aliphatic rings. The van der Waals surface area contributed by atoms with Crippen molar-refractivity contribution in [1.29, 1.82) is 0 Å². The Labute approximate surface area is 120 Å². The maximum absolute atomic E-state index is 12.5. The molecule has 0 bridgehead atoms. The zero-order valence-electron chi connectivity index (χ0n) is 12.1. The Morgan fingerprint density at radius 3 is 2.35 bits per heavy atom. The lowest BCUT2D eigenvalue weighted by Crippen LogP contribution is -2.41. The van der Waals surface area contributed by atoms with Gasteiger partial charge in [-0.1, -0.05) is 36.4 Å². The third kappa shape index (κ3) is 3.05. The van der Waals surface area contributed by atoms with E-state index in [2.05, 4.69) is 10.3 Å². The molecule has 0 saturated carbocycles. The van der Waals surface area contributed by atoms with Crippen molar-refractivity contribution >= 4 is 5.91 Å². The van der Waals surface area contributed by atoms with Crippen molar-refractivity contribution in [2.24, 2.45) is 0 Å². The first kappa shape index (κ1) is 14.3. The van der Waals surface area contributed by atoms with Crippen molar-refractivity contribution in [2.75, 3.05) is 0 Å². The van der Waals surface area contributed by atoms with Crippen molar-refractivity contribution < 1.29 is 4.79 Å². The van der Waals surface area contributed by atoms with Crippen LogP contribution in [0.3, 0.4) is 0 Å². The van der Waals surface area contributed by atoms with Crippen LogP contribution in [0.4, 0.5) is 0 Å². The highest BCUT2D eigenvalue weighted by Gasteiger charge is 2.30. The molecule has 20 heavy (non-hydrogen) atoms. The molecule has 0 fully saturated rings. The number of nitrogens with zero attached hydrogens (tertiary/aromatic N) is 1. The van der Waals surface area contributed by atoms with Crippen LogP contribution in [0, 0.1) is 0 Å². The molecular formula is C17H20N2O. The van der Waals surface area contributed by atoms with Crippen LogP contribution in [0.5, 0.6) is 0 Å². The normalized spacial score (nSPS) is 12.8. The van der Waals surface area contributed by atoms with Crippen molar-refractivity contribution in [3.8, 4) is 0 Å². The first-order valence-corrected chi connectivity index (χ1v) is 6.79. The van der Waals surface area contributed by atoms with Crippen LogP contribution in [0.2, 0.25) is 0 Å². The number of rotatable bonds is 4. The van der Waals surface area contributed by atoms with Crippen molar-refractivity contribution in [3.63, 3.8) is 0 Å². The van der Waals surface area contributed by atoms with E-state index in [1.165, 1.54) is 0 Å². The number of hydrogen-bond acceptors (Lipinski definition) is 2. The molecule has 104 valence electrons. The lowest BCUT2D eigenvalue weighted by atomic mass is 9.83. The van der Waals surface area contributed by atoms with Gasteiger partial charge in [0, 0.05) is 6.20 Å². The van der Waals surface area contributed by atoms with Gasteiger partial charge in [-0.05, 0) is 38.5 Å². The van der Waals surface area contributed by atoms with Crippen LogP contribution in [0.25, 0.3) is 0 Å². The van der Waals surface area contributed by atoms with E-state index in [1.807, 2.05) is 69.3 Å². The van der Waals surface area contributed by atoms with Crippen molar-refractivity contribution in [1.82, 2.24) is 10.3 Å². The summed E-state index contributed by atoms with van der Waals surface area (Å²) in [4.78, 5) is 16.8. The molecule has 1 unspecified atom stereocenters. The fourth-order valence-electron chi connectivity index (χ4n) is 2.07. The largest absolute Gasteiger partial charge is 0.347 e. The van der Waals surface area contributed by atoms with E-state index >= 15 is 0 Å². The van der Waals surface area contributed by atoms with E-state index in [9.17, 15) is 4.79 Å². The second-order valence-corrected chi connectivity index (χ2v) is 5.44. The predicted octanol–water partition coefficient (Wildman–Crippen LogP) is 3.24. The molecule has 3 nitrogen and oxygen atoms in total. The summed E-state index contributed by atoms with van der Waals surface area (Å²) in [5.41, 5.74) is 1.31. The molecule has 0 radical (unpaired) electrons. The van der Waals surface area contributed by atoms with E-state index in [4.69, 9.17) is 0 Å². The highest BCUT2D eigenvalue weighted by atomic mass is 16.2. The summed E-state index contributed by atoms with van der Waals surface area (Å²) < 4.78 is 0. The van der Waals surface area contributed by atoms with Gasteiger partial charge in [0.1, 0.15) is 0 Å². The molecule has 0 saturated heterocycles. The molecule has 1 amide bonds. The van der Waals surface area contributed by atoms with Gasteiger partial charge in [-0.15, -0.1) is 0 Å². The number of benzene rings is 1. The standard InChI is InChI=1S/C17H20N2O/c1-13(15-11-7-8-12-18-15)19-16(20)17(2,3)14-9-5-4-6-10-14/h4-13H,1-3H3,(H,19,20). The SMILES string of the molecule is CC(NC(=O)C(C)(C)c1ccccc1)c1ccccn1. The number of nitrogens with one attached hydrogen (secondary N) is 1. The summed E-state index contributed by atoms with van der Waals surface area (Å²) in [6.45, 7) is 5.81. The van der Waals surface area contributed by atoms with E-state index in [-0.39, 0.29) is 11.9 Å². The summed E-state index contributed by atoms with van der Waals surface area (Å²) >= 11 is 0. The van der Waals surface area contributed by atoms with Gasteiger partial charge in [0.05, 0.1) is 17.2 Å². The lowest BCUT2D eigenvalue weighted by Gasteiger charge is -2.26. The van der Waals surface area contributed by atoms with Gasteiger partial charge in [0.2, 0.25) is 5.91 Å². The van der Waals surface area contributed by atoms with Gasteiger partial charge in [-0.25, -0.2) is 0 Å². The van der Waals surface area contributed by atoms with Crippen LogP contribution >= 0.6 is 0 Å². The molecule has 0 aliphatic carbocycles. The number of pyridine rings is 1. The Morgan fingerprint density at radius 1 is 1.10 bits per heavy atom. The van der Waals surface area contributed by atoms with Crippen LogP contribution in [0.1, 0.15) is 38.1 Å². The minimum absolute atomic E-state index is 0.00172.